The van der Waals surface area contributed by atoms with Crippen molar-refractivity contribution in [2.45, 2.75) is 18.4 Å². The molecule has 1 aromatic heterocycles. The molecule has 3 rings (SSSR count). The van der Waals surface area contributed by atoms with Gasteiger partial charge >= 0.3 is 5.97 Å². The van der Waals surface area contributed by atoms with E-state index in [1.807, 2.05) is 0 Å². The van der Waals surface area contributed by atoms with Crippen molar-refractivity contribution in [1.82, 2.24) is 4.57 Å². The van der Waals surface area contributed by atoms with Crippen LogP contribution in [-0.4, -0.2) is 24.1 Å². The number of hydrogen-bond donors (Lipinski definition) is 1. The van der Waals surface area contributed by atoms with E-state index >= 15 is 0 Å². The first-order valence-corrected chi connectivity index (χ1v) is 9.27. The van der Waals surface area contributed by atoms with Crippen LogP contribution in [0.15, 0.2) is 53.4 Å². The summed E-state index contributed by atoms with van der Waals surface area (Å²) in [7, 11) is -4.26. The van der Waals surface area contributed by atoms with Gasteiger partial charge in [0.1, 0.15) is 17.3 Å². The van der Waals surface area contributed by atoms with Crippen molar-refractivity contribution in [2.75, 3.05) is 3.82 Å². The van der Waals surface area contributed by atoms with E-state index in [4.69, 9.17) is 16.9 Å². The van der Waals surface area contributed by atoms with Crippen LogP contribution in [0.3, 0.4) is 0 Å². The van der Waals surface area contributed by atoms with Crippen LogP contribution in [-0.2, 0) is 21.4 Å². The van der Waals surface area contributed by atoms with E-state index < -0.39 is 28.4 Å². The van der Waals surface area contributed by atoms with E-state index in [1.54, 1.807) is 18.2 Å². The zero-order chi connectivity index (χ0) is 19.1. The Kier molecular flexibility index (Phi) is 4.64. The molecule has 0 saturated heterocycles. The molecule has 0 aliphatic carbocycles. The summed E-state index contributed by atoms with van der Waals surface area (Å²) in [5.74, 6) is -1.79. The average molecular weight is 397 g/mol. The lowest BCUT2D eigenvalue weighted by molar-refractivity contribution is -0.137. The van der Waals surface area contributed by atoms with Gasteiger partial charge in [-0.05, 0) is 37.3 Å². The number of hydrogen-bond acceptors (Lipinski definition) is 3. The Bertz CT molecular complexity index is 1100. The Hall–Kier alpha value is -2.58. The molecule has 1 heterocycles. The van der Waals surface area contributed by atoms with E-state index in [9.17, 15) is 17.6 Å². The number of halogens is 2. The molecule has 2 aromatic carbocycles. The van der Waals surface area contributed by atoms with Crippen LogP contribution < -0.4 is 3.82 Å². The highest BCUT2D eigenvalue weighted by Crippen LogP contribution is 2.35. The highest BCUT2D eigenvalue weighted by molar-refractivity contribution is 7.94. The maximum atomic E-state index is 13.8. The third-order valence-corrected chi connectivity index (χ3v) is 6.35. The molecule has 0 radical (unpaired) electrons. The molecule has 0 unspecified atom stereocenters. The van der Waals surface area contributed by atoms with E-state index in [2.05, 4.69) is 0 Å². The van der Waals surface area contributed by atoms with Gasteiger partial charge in [-0.15, -0.1) is 0 Å². The number of aliphatic carboxylic acids is 1. The van der Waals surface area contributed by atoms with Gasteiger partial charge in [-0.3, -0.25) is 4.79 Å². The molecule has 0 saturated carbocycles. The molecule has 0 fully saturated rings. The number of fused-ring (bicyclic) bond motifs is 1. The summed E-state index contributed by atoms with van der Waals surface area (Å²) < 4.78 is 41.8. The smallest absolute Gasteiger partial charge is 0.323 e. The van der Waals surface area contributed by atoms with E-state index in [0.29, 0.717) is 9.34 Å². The number of anilines is 1. The minimum atomic E-state index is -4.26. The number of nitrogens with zero attached hydrogens (tertiary/aromatic N) is 2. The molecule has 0 atom stereocenters. The van der Waals surface area contributed by atoms with Crippen molar-refractivity contribution < 1.29 is 22.7 Å². The number of sulfonamides is 1. The normalized spacial score (nSPS) is 11.7. The lowest BCUT2D eigenvalue weighted by Crippen LogP contribution is -2.22. The van der Waals surface area contributed by atoms with E-state index in [-0.39, 0.29) is 21.7 Å². The van der Waals surface area contributed by atoms with Crippen LogP contribution in [0.5, 0.6) is 0 Å². The molecule has 26 heavy (non-hydrogen) atoms. The molecule has 136 valence electrons. The van der Waals surface area contributed by atoms with Crippen LogP contribution >= 0.6 is 11.8 Å². The van der Waals surface area contributed by atoms with Gasteiger partial charge in [0, 0.05) is 22.9 Å². The fraction of sp³-hybridized carbons (Fsp3) is 0.118. The Balaban J connectivity index is 2.28. The molecule has 0 spiro atoms. The fourth-order valence-corrected chi connectivity index (χ4v) is 4.66. The largest absolute Gasteiger partial charge is 0.480 e. The molecule has 0 aliphatic heterocycles. The number of benzene rings is 2. The predicted octanol–water partition coefficient (Wildman–Crippen LogP) is 3.52. The van der Waals surface area contributed by atoms with Gasteiger partial charge in [-0.25, -0.2) is 4.39 Å². The Morgan fingerprint density at radius 3 is 2.50 bits per heavy atom. The topological polar surface area (TPSA) is 79.6 Å². The summed E-state index contributed by atoms with van der Waals surface area (Å²) >= 11 is 6.09. The van der Waals surface area contributed by atoms with Gasteiger partial charge in [0.15, 0.2) is 0 Å². The summed E-state index contributed by atoms with van der Waals surface area (Å²) in [5.41, 5.74) is 0.668. The van der Waals surface area contributed by atoms with Crippen molar-refractivity contribution in [3.8, 4) is 0 Å². The zero-order valence-electron chi connectivity index (χ0n) is 13.6. The molecular weight excluding hydrogens is 383 g/mol. The van der Waals surface area contributed by atoms with Gasteiger partial charge in [0.25, 0.3) is 10.0 Å². The van der Waals surface area contributed by atoms with Crippen LogP contribution in [0.2, 0.25) is 0 Å². The van der Waals surface area contributed by atoms with Gasteiger partial charge in [0.2, 0.25) is 0 Å². The Morgan fingerprint density at radius 1 is 1.23 bits per heavy atom. The highest BCUT2D eigenvalue weighted by Gasteiger charge is 2.31. The van der Waals surface area contributed by atoms with Crippen molar-refractivity contribution in [1.29, 1.82) is 0 Å². The first kappa shape index (κ1) is 18.2. The van der Waals surface area contributed by atoms with Crippen molar-refractivity contribution in [3.63, 3.8) is 0 Å². The molecule has 0 aliphatic rings. The molecule has 9 heteroatoms. The molecular formula is C17H14ClFN2O4S. The van der Waals surface area contributed by atoms with E-state index in [0.717, 1.165) is 12.1 Å². The number of carbonyl (C=O) groups is 1. The second-order valence-electron chi connectivity index (χ2n) is 5.61. The number of carboxylic acid groups (broad SMARTS) is 1. The van der Waals surface area contributed by atoms with Crippen molar-refractivity contribution in [3.05, 3.63) is 60.0 Å². The van der Waals surface area contributed by atoms with Crippen molar-refractivity contribution in [2.24, 2.45) is 0 Å². The summed E-state index contributed by atoms with van der Waals surface area (Å²) in [6, 6.07) is 11.5. The molecule has 3 aromatic rings. The van der Waals surface area contributed by atoms with Gasteiger partial charge in [-0.1, -0.05) is 18.2 Å². The number of aromatic nitrogens is 1. The van der Waals surface area contributed by atoms with Crippen LogP contribution in [0.4, 0.5) is 10.1 Å². The molecule has 1 N–H and O–H groups in total. The molecule has 6 nitrogen and oxygen atoms in total. The quantitative estimate of drug-likeness (QED) is 0.669. The second kappa shape index (κ2) is 6.62. The summed E-state index contributed by atoms with van der Waals surface area (Å²) in [5, 5.41) is 9.20. The van der Waals surface area contributed by atoms with E-state index in [1.165, 1.54) is 29.7 Å². The van der Waals surface area contributed by atoms with Crippen LogP contribution in [0.25, 0.3) is 10.9 Å². The maximum Gasteiger partial charge on any atom is 0.323 e. The monoisotopic (exact) mass is 396 g/mol. The minimum Gasteiger partial charge on any atom is -0.480 e. The average Bonchev–Trinajstić information content (AvgIpc) is 2.86. The van der Waals surface area contributed by atoms with Gasteiger partial charge in [-0.2, -0.15) is 12.2 Å². The highest BCUT2D eigenvalue weighted by atomic mass is 35.5. The van der Waals surface area contributed by atoms with Gasteiger partial charge < -0.3 is 9.67 Å². The molecule has 0 amide bonds. The predicted molar refractivity (Wildman–Crippen MR) is 96.2 cm³/mol. The summed E-state index contributed by atoms with van der Waals surface area (Å²) in [6.45, 7) is 1.00. The van der Waals surface area contributed by atoms with Crippen molar-refractivity contribution >= 4 is 44.4 Å². The van der Waals surface area contributed by atoms with Crippen LogP contribution in [0.1, 0.15) is 5.69 Å². The minimum absolute atomic E-state index is 0.0744. The third-order valence-electron chi connectivity index (χ3n) is 3.95. The standard InChI is InChI=1S/C17H14ClFN2O4S/c1-11-17(26(24,25)21(18)13-5-3-2-4-6-13)14-9-12(19)7-8-15(14)20(11)10-16(22)23/h2-9H,10H2,1H3,(H,22,23). The fourth-order valence-electron chi connectivity index (χ4n) is 2.85. The zero-order valence-corrected chi connectivity index (χ0v) is 15.1. The summed E-state index contributed by atoms with van der Waals surface area (Å²) in [6.07, 6.45) is 0. The first-order chi connectivity index (χ1) is 12.2. The lowest BCUT2D eigenvalue weighted by atomic mass is 10.2. The number of para-hydroxylation sites is 1. The molecule has 0 bridgehead atoms. The second-order valence-corrected chi connectivity index (χ2v) is 7.87. The number of carboxylic acids is 1. The summed E-state index contributed by atoms with van der Waals surface area (Å²) in [4.78, 5) is 10.9. The maximum absolute atomic E-state index is 13.8. The third kappa shape index (κ3) is 3.02. The number of rotatable bonds is 5. The SMILES string of the molecule is Cc1c(S(=O)(=O)N(Cl)c2ccccc2)c2cc(F)ccc2n1CC(=O)O. The van der Waals surface area contributed by atoms with Crippen LogP contribution in [0, 0.1) is 12.7 Å². The lowest BCUT2D eigenvalue weighted by Gasteiger charge is -2.16. The first-order valence-electron chi connectivity index (χ1n) is 7.50. The Morgan fingerprint density at radius 2 is 1.88 bits per heavy atom. The Labute approximate surface area is 154 Å². The van der Waals surface area contributed by atoms with Gasteiger partial charge in [0.05, 0.1) is 11.2 Å².